The predicted octanol–water partition coefficient (Wildman–Crippen LogP) is 1.40. The quantitative estimate of drug-likeness (QED) is 0.709. The van der Waals surface area contributed by atoms with Crippen molar-refractivity contribution in [1.82, 2.24) is 15.1 Å². The molecule has 1 aliphatic rings. The molecule has 0 aliphatic carbocycles. The Morgan fingerprint density at radius 1 is 1.38 bits per heavy atom. The van der Waals surface area contributed by atoms with Gasteiger partial charge in [0.1, 0.15) is 0 Å². The number of likely N-dealkylation sites (tertiary alicyclic amines) is 1. The van der Waals surface area contributed by atoms with Crippen molar-refractivity contribution in [3.63, 3.8) is 0 Å². The summed E-state index contributed by atoms with van der Waals surface area (Å²) in [6, 6.07) is 1.45. The van der Waals surface area contributed by atoms with Crippen LogP contribution in [0.15, 0.2) is 0 Å². The molecule has 96 valence electrons. The zero-order valence-electron chi connectivity index (χ0n) is 11.5. The van der Waals surface area contributed by atoms with Gasteiger partial charge in [0.15, 0.2) is 0 Å². The minimum absolute atomic E-state index is 0.708. The lowest BCUT2D eigenvalue weighted by Gasteiger charge is -2.18. The number of rotatable bonds is 7. The van der Waals surface area contributed by atoms with Crippen molar-refractivity contribution in [2.24, 2.45) is 0 Å². The highest BCUT2D eigenvalue weighted by atomic mass is 15.2. The highest BCUT2D eigenvalue weighted by Gasteiger charge is 2.25. The number of nitrogens with zero attached hydrogens (tertiary/aromatic N) is 2. The predicted molar refractivity (Wildman–Crippen MR) is 70.9 cm³/mol. The van der Waals surface area contributed by atoms with Crippen molar-refractivity contribution >= 4 is 0 Å². The molecule has 3 nitrogen and oxygen atoms in total. The fraction of sp³-hybridized carbons (Fsp3) is 1.00. The summed E-state index contributed by atoms with van der Waals surface area (Å²) in [6.45, 7) is 9.32. The van der Waals surface area contributed by atoms with Gasteiger partial charge in [0, 0.05) is 31.7 Å². The molecule has 0 saturated carbocycles. The first kappa shape index (κ1) is 13.9. The Morgan fingerprint density at radius 2 is 2.12 bits per heavy atom. The smallest absolute Gasteiger partial charge is 0.0210 e. The second kappa shape index (κ2) is 7.25. The maximum absolute atomic E-state index is 3.67. The molecule has 1 heterocycles. The molecule has 0 bridgehead atoms. The van der Waals surface area contributed by atoms with E-state index in [-0.39, 0.29) is 0 Å². The van der Waals surface area contributed by atoms with E-state index in [1.807, 2.05) is 0 Å². The van der Waals surface area contributed by atoms with Gasteiger partial charge in [-0.05, 0) is 40.4 Å². The maximum atomic E-state index is 3.67. The van der Waals surface area contributed by atoms with Gasteiger partial charge in [-0.15, -0.1) is 0 Å². The van der Waals surface area contributed by atoms with E-state index >= 15 is 0 Å². The van der Waals surface area contributed by atoms with E-state index in [0.717, 1.165) is 12.6 Å². The van der Waals surface area contributed by atoms with Crippen LogP contribution in [0.4, 0.5) is 0 Å². The highest BCUT2D eigenvalue weighted by molar-refractivity contribution is 4.84. The molecular formula is C13H29N3. The SMILES string of the molecule is CCCCN(C)CCNC1CC(C)N(C)C1. The van der Waals surface area contributed by atoms with Crippen molar-refractivity contribution in [1.29, 1.82) is 0 Å². The standard InChI is InChI=1S/C13H29N3/c1-5-6-8-15(3)9-7-14-13-10-12(2)16(4)11-13/h12-14H,5-11H2,1-4H3. The summed E-state index contributed by atoms with van der Waals surface area (Å²) in [4.78, 5) is 4.87. The van der Waals surface area contributed by atoms with Gasteiger partial charge in [0.25, 0.3) is 0 Å². The zero-order valence-corrected chi connectivity index (χ0v) is 11.5. The van der Waals surface area contributed by atoms with Crippen LogP contribution in [0.25, 0.3) is 0 Å². The number of hydrogen-bond acceptors (Lipinski definition) is 3. The van der Waals surface area contributed by atoms with E-state index in [1.165, 1.54) is 38.9 Å². The van der Waals surface area contributed by atoms with Crippen LogP contribution in [-0.4, -0.2) is 62.2 Å². The van der Waals surface area contributed by atoms with E-state index in [0.29, 0.717) is 6.04 Å². The molecule has 1 saturated heterocycles. The molecule has 1 N–H and O–H groups in total. The second-order valence-electron chi connectivity index (χ2n) is 5.33. The van der Waals surface area contributed by atoms with Gasteiger partial charge in [0.05, 0.1) is 0 Å². The number of nitrogens with one attached hydrogen (secondary N) is 1. The molecule has 2 unspecified atom stereocenters. The first-order valence-electron chi connectivity index (χ1n) is 6.75. The minimum atomic E-state index is 0.708. The van der Waals surface area contributed by atoms with Crippen LogP contribution in [0.2, 0.25) is 0 Å². The summed E-state index contributed by atoms with van der Waals surface area (Å²) in [5.74, 6) is 0. The van der Waals surface area contributed by atoms with Gasteiger partial charge in [0.2, 0.25) is 0 Å². The Kier molecular flexibility index (Phi) is 6.32. The molecule has 0 amide bonds. The van der Waals surface area contributed by atoms with Gasteiger partial charge in [-0.25, -0.2) is 0 Å². The molecule has 3 heteroatoms. The fourth-order valence-corrected chi connectivity index (χ4v) is 2.34. The van der Waals surface area contributed by atoms with Crippen molar-refractivity contribution in [3.8, 4) is 0 Å². The summed E-state index contributed by atoms with van der Waals surface area (Å²) in [5, 5.41) is 3.67. The first-order chi connectivity index (χ1) is 7.63. The topological polar surface area (TPSA) is 18.5 Å². The Labute approximate surface area is 101 Å². The Balaban J connectivity index is 2.03. The van der Waals surface area contributed by atoms with Gasteiger partial charge < -0.3 is 15.1 Å². The second-order valence-corrected chi connectivity index (χ2v) is 5.33. The van der Waals surface area contributed by atoms with Crippen LogP contribution in [0.5, 0.6) is 0 Å². The molecule has 0 radical (unpaired) electrons. The third-order valence-corrected chi connectivity index (χ3v) is 3.71. The molecule has 0 spiro atoms. The van der Waals surface area contributed by atoms with Crippen molar-refractivity contribution in [2.75, 3.05) is 40.3 Å². The molecule has 1 aliphatic heterocycles. The van der Waals surface area contributed by atoms with Crippen LogP contribution in [-0.2, 0) is 0 Å². The molecular weight excluding hydrogens is 198 g/mol. The molecule has 0 aromatic carbocycles. The molecule has 16 heavy (non-hydrogen) atoms. The summed E-state index contributed by atoms with van der Waals surface area (Å²) in [6.07, 6.45) is 3.91. The average Bonchev–Trinajstić information content (AvgIpc) is 2.55. The summed E-state index contributed by atoms with van der Waals surface area (Å²) in [7, 11) is 4.44. The highest BCUT2D eigenvalue weighted by Crippen LogP contribution is 2.14. The van der Waals surface area contributed by atoms with Crippen LogP contribution in [0, 0.1) is 0 Å². The lowest BCUT2D eigenvalue weighted by atomic mass is 10.2. The van der Waals surface area contributed by atoms with Crippen LogP contribution >= 0.6 is 0 Å². The number of likely N-dealkylation sites (N-methyl/N-ethyl adjacent to an activating group) is 2. The normalized spacial score (nSPS) is 26.8. The number of hydrogen-bond donors (Lipinski definition) is 1. The van der Waals surface area contributed by atoms with E-state index in [1.54, 1.807) is 0 Å². The fourth-order valence-electron chi connectivity index (χ4n) is 2.34. The zero-order chi connectivity index (χ0) is 12.0. The van der Waals surface area contributed by atoms with Crippen LogP contribution < -0.4 is 5.32 Å². The van der Waals surface area contributed by atoms with Crippen molar-refractivity contribution < 1.29 is 0 Å². The lowest BCUT2D eigenvalue weighted by molar-refractivity contribution is 0.312. The third kappa shape index (κ3) is 4.81. The summed E-state index contributed by atoms with van der Waals surface area (Å²) < 4.78 is 0. The van der Waals surface area contributed by atoms with E-state index in [4.69, 9.17) is 0 Å². The van der Waals surface area contributed by atoms with Crippen LogP contribution in [0.1, 0.15) is 33.1 Å². The largest absolute Gasteiger partial charge is 0.311 e. The minimum Gasteiger partial charge on any atom is -0.311 e. The third-order valence-electron chi connectivity index (χ3n) is 3.71. The van der Waals surface area contributed by atoms with E-state index in [9.17, 15) is 0 Å². The Morgan fingerprint density at radius 3 is 2.69 bits per heavy atom. The average molecular weight is 227 g/mol. The van der Waals surface area contributed by atoms with Gasteiger partial charge in [-0.2, -0.15) is 0 Å². The molecule has 2 atom stereocenters. The lowest BCUT2D eigenvalue weighted by Crippen LogP contribution is -2.37. The molecule has 1 fully saturated rings. The van der Waals surface area contributed by atoms with Gasteiger partial charge in [-0.3, -0.25) is 0 Å². The van der Waals surface area contributed by atoms with Gasteiger partial charge >= 0.3 is 0 Å². The monoisotopic (exact) mass is 227 g/mol. The number of unbranched alkanes of at least 4 members (excludes halogenated alkanes) is 1. The van der Waals surface area contributed by atoms with Crippen LogP contribution in [0.3, 0.4) is 0 Å². The first-order valence-corrected chi connectivity index (χ1v) is 6.75. The van der Waals surface area contributed by atoms with Gasteiger partial charge in [-0.1, -0.05) is 13.3 Å². The van der Waals surface area contributed by atoms with E-state index in [2.05, 4.69) is 43.1 Å². The summed E-state index contributed by atoms with van der Waals surface area (Å²) in [5.41, 5.74) is 0. The Bertz CT molecular complexity index is 174. The van der Waals surface area contributed by atoms with Crippen molar-refractivity contribution in [3.05, 3.63) is 0 Å². The van der Waals surface area contributed by atoms with E-state index < -0.39 is 0 Å². The molecule has 0 aromatic rings. The molecule has 0 aromatic heterocycles. The Hall–Kier alpha value is -0.120. The maximum Gasteiger partial charge on any atom is 0.0210 e. The van der Waals surface area contributed by atoms with Crippen molar-refractivity contribution in [2.45, 2.75) is 45.2 Å². The summed E-state index contributed by atoms with van der Waals surface area (Å²) >= 11 is 0. The molecule has 1 rings (SSSR count).